The van der Waals surface area contributed by atoms with Crippen LogP contribution in [0.3, 0.4) is 0 Å². The maximum absolute atomic E-state index is 14.7. The first-order valence-corrected chi connectivity index (χ1v) is 12.0. The average Bonchev–Trinajstić information content (AvgIpc) is 2.88. The van der Waals surface area contributed by atoms with E-state index in [4.69, 9.17) is 32.7 Å². The molecule has 0 radical (unpaired) electrons. The fourth-order valence-corrected chi connectivity index (χ4v) is 5.24. The molecule has 2 aromatic carbocycles. The number of anilines is 2. The molecule has 10 heteroatoms. The molecule has 3 heterocycles. The van der Waals surface area contributed by atoms with Crippen LogP contribution < -0.4 is 14.8 Å². The van der Waals surface area contributed by atoms with Gasteiger partial charge in [0.15, 0.2) is 17.3 Å². The molecule has 3 aromatic rings. The summed E-state index contributed by atoms with van der Waals surface area (Å²) in [6.45, 7) is 4.26. The van der Waals surface area contributed by atoms with E-state index in [9.17, 15) is 9.18 Å². The molecule has 182 valence electrons. The molecule has 1 saturated carbocycles. The van der Waals surface area contributed by atoms with Crippen molar-refractivity contribution >= 4 is 51.5 Å². The highest BCUT2D eigenvalue weighted by Gasteiger charge is 2.43. The van der Waals surface area contributed by atoms with Gasteiger partial charge in [-0.2, -0.15) is 0 Å². The fourth-order valence-electron chi connectivity index (χ4n) is 4.92. The quantitative estimate of drug-likeness (QED) is 0.331. The zero-order valence-electron chi connectivity index (χ0n) is 18.9. The molecule has 7 nitrogen and oxygen atoms in total. The lowest BCUT2D eigenvalue weighted by Gasteiger charge is -2.48. The Hall–Kier alpha value is -3.10. The van der Waals surface area contributed by atoms with Crippen LogP contribution in [0.5, 0.6) is 11.5 Å². The van der Waals surface area contributed by atoms with E-state index >= 15 is 0 Å². The van der Waals surface area contributed by atoms with E-state index < -0.39 is 5.82 Å². The second kappa shape index (κ2) is 9.51. The number of methoxy groups -OCH3 is 1. The predicted molar refractivity (Wildman–Crippen MR) is 133 cm³/mol. The Bertz CT molecular complexity index is 1320. The van der Waals surface area contributed by atoms with Crippen LogP contribution in [0.2, 0.25) is 10.0 Å². The number of nitrogens with one attached hydrogen (secondary N) is 1. The summed E-state index contributed by atoms with van der Waals surface area (Å²) >= 11 is 11.9. The molecule has 1 amide bonds. The van der Waals surface area contributed by atoms with E-state index in [1.807, 2.05) is 4.90 Å². The molecule has 1 unspecified atom stereocenters. The van der Waals surface area contributed by atoms with Crippen molar-refractivity contribution < 1.29 is 18.7 Å². The zero-order valence-corrected chi connectivity index (χ0v) is 20.4. The molecule has 0 spiro atoms. The van der Waals surface area contributed by atoms with Gasteiger partial charge < -0.3 is 19.7 Å². The summed E-state index contributed by atoms with van der Waals surface area (Å²) in [6.07, 6.45) is 5.35. The van der Waals surface area contributed by atoms with Crippen LogP contribution in [0.25, 0.3) is 10.9 Å². The van der Waals surface area contributed by atoms with E-state index in [-0.39, 0.29) is 39.7 Å². The number of halogens is 3. The maximum Gasteiger partial charge on any atom is 0.246 e. The number of carbonyl (C=O) groups is 1. The van der Waals surface area contributed by atoms with Crippen LogP contribution in [-0.2, 0) is 4.79 Å². The van der Waals surface area contributed by atoms with Crippen molar-refractivity contribution in [3.63, 3.8) is 0 Å². The normalized spacial score (nSPS) is 21.1. The van der Waals surface area contributed by atoms with E-state index in [1.165, 1.54) is 24.5 Å². The Morgan fingerprint density at radius 1 is 1.26 bits per heavy atom. The van der Waals surface area contributed by atoms with Gasteiger partial charge in [0.05, 0.1) is 28.4 Å². The Morgan fingerprint density at radius 3 is 2.80 bits per heavy atom. The fraction of sp³-hybridized carbons (Fsp3) is 0.320. The predicted octanol–water partition coefficient (Wildman–Crippen LogP) is 5.77. The summed E-state index contributed by atoms with van der Waals surface area (Å²) in [5, 5.41) is 3.56. The lowest BCUT2D eigenvalue weighted by atomic mass is 9.77. The minimum atomic E-state index is -0.673. The summed E-state index contributed by atoms with van der Waals surface area (Å²) in [4.78, 5) is 22.7. The van der Waals surface area contributed by atoms with Crippen molar-refractivity contribution in [3.8, 4) is 11.5 Å². The highest BCUT2D eigenvalue weighted by Crippen LogP contribution is 2.41. The SMILES string of the molecule is C=CC(=O)N1CC2CC[C@H]1C[C@H]2Oc1cc2c(Nc3ccc(Cl)c(Cl)c3F)ncnc2cc1OC. The van der Waals surface area contributed by atoms with Crippen molar-refractivity contribution in [1.82, 2.24) is 14.9 Å². The van der Waals surface area contributed by atoms with Crippen LogP contribution >= 0.6 is 23.2 Å². The Balaban J connectivity index is 1.46. The molecule has 2 bridgehead atoms. The van der Waals surface area contributed by atoms with Crippen molar-refractivity contribution in [2.45, 2.75) is 31.4 Å². The number of amides is 1. The van der Waals surface area contributed by atoms with Gasteiger partial charge in [-0.3, -0.25) is 4.79 Å². The molecule has 1 aromatic heterocycles. The van der Waals surface area contributed by atoms with Crippen molar-refractivity contribution in [2.75, 3.05) is 19.0 Å². The largest absolute Gasteiger partial charge is 0.493 e. The first-order chi connectivity index (χ1) is 16.9. The van der Waals surface area contributed by atoms with Crippen LogP contribution in [0.1, 0.15) is 19.3 Å². The van der Waals surface area contributed by atoms with Gasteiger partial charge in [-0.05, 0) is 37.1 Å². The standard InChI is InChI=1S/C25H23Cl2FN4O3/c1-3-22(33)32-11-13-4-5-14(32)8-19(13)35-21-9-15-18(10-20(21)34-2)29-12-30-25(15)31-17-7-6-16(26)23(27)24(17)28/h3,6-7,9-10,12-14,19H,1,4-5,8,11H2,2H3,(H,29,30,31)/t13?,14-,19+/m0/s1. The Morgan fingerprint density at radius 2 is 2.09 bits per heavy atom. The topological polar surface area (TPSA) is 76.6 Å². The second-order valence-electron chi connectivity index (χ2n) is 8.67. The minimum absolute atomic E-state index is 0.0381. The van der Waals surface area contributed by atoms with Gasteiger partial charge >= 0.3 is 0 Å². The number of nitrogens with zero attached hydrogens (tertiary/aromatic N) is 3. The van der Waals surface area contributed by atoms with Gasteiger partial charge in [0, 0.05) is 36.4 Å². The van der Waals surface area contributed by atoms with Crippen molar-refractivity contribution in [1.29, 1.82) is 0 Å². The number of hydrogen-bond acceptors (Lipinski definition) is 6. The maximum atomic E-state index is 14.7. The molecule has 6 rings (SSSR count). The summed E-state index contributed by atoms with van der Waals surface area (Å²) in [5.74, 6) is 0.943. The van der Waals surface area contributed by atoms with Crippen LogP contribution in [0.15, 0.2) is 43.2 Å². The van der Waals surface area contributed by atoms with Crippen LogP contribution in [0, 0.1) is 11.7 Å². The summed E-state index contributed by atoms with van der Waals surface area (Å²) in [5.41, 5.74) is 0.731. The Kier molecular flexibility index (Phi) is 6.42. The molecule has 3 aliphatic rings. The van der Waals surface area contributed by atoms with E-state index in [0.29, 0.717) is 34.8 Å². The highest BCUT2D eigenvalue weighted by atomic mass is 35.5. The van der Waals surface area contributed by atoms with Gasteiger partial charge in [-0.1, -0.05) is 29.8 Å². The smallest absolute Gasteiger partial charge is 0.246 e. The molecule has 2 saturated heterocycles. The van der Waals surface area contributed by atoms with Crippen LogP contribution in [-0.4, -0.2) is 46.6 Å². The van der Waals surface area contributed by atoms with E-state index in [2.05, 4.69) is 21.9 Å². The molecule has 3 atom stereocenters. The third-order valence-electron chi connectivity index (χ3n) is 6.72. The summed E-state index contributed by atoms with van der Waals surface area (Å²) < 4.78 is 26.7. The molecule has 1 aliphatic carbocycles. The van der Waals surface area contributed by atoms with Gasteiger partial charge in [0.25, 0.3) is 0 Å². The van der Waals surface area contributed by atoms with E-state index in [0.717, 1.165) is 19.3 Å². The number of rotatable bonds is 6. The number of carbonyl (C=O) groups excluding carboxylic acids is 1. The van der Waals surface area contributed by atoms with Gasteiger partial charge in [0.2, 0.25) is 5.91 Å². The molecule has 2 aliphatic heterocycles. The van der Waals surface area contributed by atoms with Gasteiger partial charge in [0.1, 0.15) is 18.2 Å². The monoisotopic (exact) mass is 516 g/mol. The number of fused-ring (bicyclic) bond motifs is 4. The second-order valence-corrected chi connectivity index (χ2v) is 9.45. The lowest BCUT2D eigenvalue weighted by Crippen LogP contribution is -2.57. The van der Waals surface area contributed by atoms with Crippen molar-refractivity contribution in [3.05, 3.63) is 59.1 Å². The number of piperidine rings is 2. The lowest BCUT2D eigenvalue weighted by molar-refractivity contribution is -0.137. The zero-order chi connectivity index (χ0) is 24.7. The number of aromatic nitrogens is 2. The first kappa shape index (κ1) is 23.6. The van der Waals surface area contributed by atoms with E-state index in [1.54, 1.807) is 19.2 Å². The first-order valence-electron chi connectivity index (χ1n) is 11.2. The molecular weight excluding hydrogens is 494 g/mol. The molecule has 3 fully saturated rings. The van der Waals surface area contributed by atoms with Crippen LogP contribution in [0.4, 0.5) is 15.9 Å². The summed E-state index contributed by atoms with van der Waals surface area (Å²) in [7, 11) is 1.57. The van der Waals surface area contributed by atoms with Gasteiger partial charge in [-0.15, -0.1) is 0 Å². The van der Waals surface area contributed by atoms with Crippen molar-refractivity contribution in [2.24, 2.45) is 5.92 Å². The molecular formula is C25H23Cl2FN4O3. The molecule has 35 heavy (non-hydrogen) atoms. The number of hydrogen-bond donors (Lipinski definition) is 1. The third kappa shape index (κ3) is 4.36. The summed E-state index contributed by atoms with van der Waals surface area (Å²) in [6, 6.07) is 6.68. The van der Waals surface area contributed by atoms with Gasteiger partial charge in [-0.25, -0.2) is 14.4 Å². The molecule has 1 N–H and O–H groups in total. The third-order valence-corrected chi connectivity index (χ3v) is 7.50. The average molecular weight is 517 g/mol. The number of ether oxygens (including phenoxy) is 2. The Labute approximate surface area is 211 Å². The number of benzene rings is 2. The minimum Gasteiger partial charge on any atom is -0.493 e. The highest BCUT2D eigenvalue weighted by molar-refractivity contribution is 6.42.